The summed E-state index contributed by atoms with van der Waals surface area (Å²) in [6.07, 6.45) is 2.95. The lowest BCUT2D eigenvalue weighted by Gasteiger charge is -2.41. The molecular formula is C13H23N3O4. The van der Waals surface area contributed by atoms with Crippen LogP contribution in [0, 0.1) is 0 Å². The lowest BCUT2D eigenvalue weighted by Crippen LogP contribution is -2.59. The number of carbonyl (C=O) groups excluding carboxylic acids is 2. The monoisotopic (exact) mass is 285 g/mol. The summed E-state index contributed by atoms with van der Waals surface area (Å²) in [5.74, 6) is -1.18. The summed E-state index contributed by atoms with van der Waals surface area (Å²) < 4.78 is 0. The van der Waals surface area contributed by atoms with Gasteiger partial charge in [0, 0.05) is 6.54 Å². The summed E-state index contributed by atoms with van der Waals surface area (Å²) >= 11 is 0. The zero-order valence-electron chi connectivity index (χ0n) is 12.0. The lowest BCUT2D eigenvalue weighted by molar-refractivity contribution is -0.139. The first kappa shape index (κ1) is 16.3. The number of carboxylic acids is 1. The highest BCUT2D eigenvalue weighted by Gasteiger charge is 2.40. The van der Waals surface area contributed by atoms with E-state index in [9.17, 15) is 14.4 Å². The number of carboxylic acid groups (broad SMARTS) is 1. The Bertz CT molecular complexity index is 380. The van der Waals surface area contributed by atoms with Crippen LogP contribution in [0.4, 0.5) is 4.79 Å². The van der Waals surface area contributed by atoms with Crippen LogP contribution in [0.5, 0.6) is 0 Å². The van der Waals surface area contributed by atoms with Gasteiger partial charge in [0.1, 0.15) is 6.04 Å². The van der Waals surface area contributed by atoms with Crippen LogP contribution in [0.3, 0.4) is 0 Å². The van der Waals surface area contributed by atoms with Gasteiger partial charge in [-0.1, -0.05) is 6.92 Å². The number of urea groups is 1. The minimum Gasteiger partial charge on any atom is -0.481 e. The second kappa shape index (κ2) is 7.12. The summed E-state index contributed by atoms with van der Waals surface area (Å²) in [4.78, 5) is 34.2. The summed E-state index contributed by atoms with van der Waals surface area (Å²) in [6.45, 7) is 4.10. The first-order valence-corrected chi connectivity index (χ1v) is 6.97. The molecule has 0 aromatic heterocycles. The van der Waals surface area contributed by atoms with Crippen molar-refractivity contribution >= 4 is 17.9 Å². The first-order chi connectivity index (χ1) is 9.38. The number of rotatable bonds is 7. The molecule has 4 N–H and O–H groups in total. The molecule has 3 amide bonds. The van der Waals surface area contributed by atoms with E-state index in [1.54, 1.807) is 6.92 Å². The largest absolute Gasteiger partial charge is 0.481 e. The summed E-state index contributed by atoms with van der Waals surface area (Å²) in [5.41, 5.74) is -0.657. The van der Waals surface area contributed by atoms with E-state index in [4.69, 9.17) is 5.11 Å². The van der Waals surface area contributed by atoms with Crippen LogP contribution in [0.15, 0.2) is 0 Å². The molecule has 0 aromatic carbocycles. The van der Waals surface area contributed by atoms with Gasteiger partial charge in [-0.05, 0) is 32.6 Å². The van der Waals surface area contributed by atoms with Crippen LogP contribution in [0.2, 0.25) is 0 Å². The predicted octanol–water partition coefficient (Wildman–Crippen LogP) is 0.598. The first-order valence-electron chi connectivity index (χ1n) is 6.97. The highest BCUT2D eigenvalue weighted by Crippen LogP contribution is 2.34. The van der Waals surface area contributed by atoms with Crippen LogP contribution >= 0.6 is 0 Å². The molecule has 1 fully saturated rings. The molecule has 7 heteroatoms. The van der Waals surface area contributed by atoms with Crippen molar-refractivity contribution in [2.75, 3.05) is 6.54 Å². The van der Waals surface area contributed by atoms with E-state index in [0.29, 0.717) is 19.4 Å². The molecule has 1 unspecified atom stereocenters. The van der Waals surface area contributed by atoms with Gasteiger partial charge in [0.05, 0.1) is 12.0 Å². The number of nitrogens with one attached hydrogen (secondary N) is 3. The van der Waals surface area contributed by atoms with Crippen LogP contribution in [0.1, 0.15) is 46.0 Å². The fourth-order valence-electron chi connectivity index (χ4n) is 2.18. The Balaban J connectivity index is 2.42. The SMILES string of the molecule is CCCNC(=O)C(C)NC(=O)NC1(CC(=O)O)CCC1. The number of carbonyl (C=O) groups is 3. The molecule has 0 saturated heterocycles. The van der Waals surface area contributed by atoms with Gasteiger partial charge in [0.2, 0.25) is 5.91 Å². The van der Waals surface area contributed by atoms with Crippen molar-refractivity contribution in [1.29, 1.82) is 0 Å². The summed E-state index contributed by atoms with van der Waals surface area (Å²) in [5, 5.41) is 16.8. The maximum absolute atomic E-state index is 11.8. The van der Waals surface area contributed by atoms with Crippen molar-refractivity contribution in [3.8, 4) is 0 Å². The standard InChI is InChI=1S/C13H23N3O4/c1-3-7-14-11(19)9(2)15-12(20)16-13(5-4-6-13)8-10(17)18/h9H,3-8H2,1-2H3,(H,14,19)(H,17,18)(H2,15,16,20). The smallest absolute Gasteiger partial charge is 0.315 e. The molecule has 0 bridgehead atoms. The minimum atomic E-state index is -0.932. The minimum absolute atomic E-state index is 0.0865. The van der Waals surface area contributed by atoms with Gasteiger partial charge in [-0.15, -0.1) is 0 Å². The molecule has 114 valence electrons. The van der Waals surface area contributed by atoms with E-state index in [2.05, 4.69) is 16.0 Å². The average molecular weight is 285 g/mol. The van der Waals surface area contributed by atoms with Gasteiger partial charge in [-0.3, -0.25) is 9.59 Å². The molecule has 1 aliphatic carbocycles. The van der Waals surface area contributed by atoms with E-state index < -0.39 is 23.6 Å². The van der Waals surface area contributed by atoms with Gasteiger partial charge in [0.25, 0.3) is 0 Å². The lowest BCUT2D eigenvalue weighted by atomic mass is 9.74. The Kier molecular flexibility index (Phi) is 5.79. The molecule has 20 heavy (non-hydrogen) atoms. The van der Waals surface area contributed by atoms with Crippen molar-refractivity contribution in [1.82, 2.24) is 16.0 Å². The Hall–Kier alpha value is -1.79. The van der Waals surface area contributed by atoms with E-state index in [-0.39, 0.29) is 12.3 Å². The van der Waals surface area contributed by atoms with Crippen molar-refractivity contribution in [2.45, 2.75) is 57.5 Å². The Morgan fingerprint density at radius 2 is 1.95 bits per heavy atom. The quantitative estimate of drug-likeness (QED) is 0.549. The maximum Gasteiger partial charge on any atom is 0.315 e. The molecule has 0 spiro atoms. The molecule has 0 aromatic rings. The van der Waals surface area contributed by atoms with Crippen molar-refractivity contribution < 1.29 is 19.5 Å². The van der Waals surface area contributed by atoms with Crippen LogP contribution in [0.25, 0.3) is 0 Å². The molecule has 0 radical (unpaired) electrons. The van der Waals surface area contributed by atoms with Crippen LogP contribution < -0.4 is 16.0 Å². The van der Waals surface area contributed by atoms with E-state index >= 15 is 0 Å². The van der Waals surface area contributed by atoms with Gasteiger partial charge in [0.15, 0.2) is 0 Å². The molecule has 1 aliphatic rings. The number of amides is 3. The van der Waals surface area contributed by atoms with E-state index in [1.807, 2.05) is 6.92 Å². The topological polar surface area (TPSA) is 108 Å². The number of aliphatic carboxylic acids is 1. The van der Waals surface area contributed by atoms with Gasteiger partial charge >= 0.3 is 12.0 Å². The van der Waals surface area contributed by atoms with Crippen LogP contribution in [-0.2, 0) is 9.59 Å². The second-order valence-corrected chi connectivity index (χ2v) is 5.32. The van der Waals surface area contributed by atoms with Crippen molar-refractivity contribution in [3.63, 3.8) is 0 Å². The fourth-order valence-corrected chi connectivity index (χ4v) is 2.18. The fraction of sp³-hybridized carbons (Fsp3) is 0.769. The molecule has 7 nitrogen and oxygen atoms in total. The van der Waals surface area contributed by atoms with Gasteiger partial charge < -0.3 is 21.1 Å². The predicted molar refractivity (Wildman–Crippen MR) is 73.3 cm³/mol. The average Bonchev–Trinajstić information content (AvgIpc) is 2.32. The third kappa shape index (κ3) is 4.71. The third-order valence-corrected chi connectivity index (χ3v) is 3.47. The van der Waals surface area contributed by atoms with Gasteiger partial charge in [-0.2, -0.15) is 0 Å². The zero-order chi connectivity index (χ0) is 15.2. The van der Waals surface area contributed by atoms with E-state index in [1.165, 1.54) is 0 Å². The van der Waals surface area contributed by atoms with Crippen molar-refractivity contribution in [2.24, 2.45) is 0 Å². The normalized spacial score (nSPS) is 17.5. The van der Waals surface area contributed by atoms with E-state index in [0.717, 1.165) is 12.8 Å². The highest BCUT2D eigenvalue weighted by atomic mass is 16.4. The molecular weight excluding hydrogens is 262 g/mol. The molecule has 1 atom stereocenters. The highest BCUT2D eigenvalue weighted by molar-refractivity contribution is 5.87. The Morgan fingerprint density at radius 3 is 2.40 bits per heavy atom. The number of hydrogen-bond donors (Lipinski definition) is 4. The summed E-state index contributed by atoms with van der Waals surface area (Å²) in [6, 6.07) is -1.14. The van der Waals surface area contributed by atoms with Crippen molar-refractivity contribution in [3.05, 3.63) is 0 Å². The molecule has 1 saturated carbocycles. The maximum atomic E-state index is 11.8. The molecule has 0 aliphatic heterocycles. The second-order valence-electron chi connectivity index (χ2n) is 5.32. The summed E-state index contributed by atoms with van der Waals surface area (Å²) in [7, 11) is 0. The Morgan fingerprint density at radius 1 is 1.30 bits per heavy atom. The van der Waals surface area contributed by atoms with Crippen LogP contribution in [-0.4, -0.2) is 41.1 Å². The number of hydrogen-bond acceptors (Lipinski definition) is 3. The van der Waals surface area contributed by atoms with Gasteiger partial charge in [-0.25, -0.2) is 4.79 Å². The zero-order valence-corrected chi connectivity index (χ0v) is 12.0. The molecule has 1 rings (SSSR count). The Labute approximate surface area is 118 Å². The molecule has 0 heterocycles. The third-order valence-electron chi connectivity index (χ3n) is 3.47.